The smallest absolute Gasteiger partial charge is 0.337 e. The van der Waals surface area contributed by atoms with E-state index in [1.165, 1.54) is 6.07 Å². The number of amides is 2. The maximum atomic E-state index is 12.3. The number of carbonyl (C=O) groups excluding carboxylic acids is 1. The highest BCUT2D eigenvalue weighted by Gasteiger charge is 2.33. The lowest BCUT2D eigenvalue weighted by atomic mass is 10.00. The summed E-state index contributed by atoms with van der Waals surface area (Å²) in [6, 6.07) is 6.16. The molecule has 0 unspecified atom stereocenters. The second-order valence-corrected chi connectivity index (χ2v) is 5.94. The molecule has 0 spiro atoms. The number of piperazine rings is 1. The van der Waals surface area contributed by atoms with Crippen LogP contribution < -0.4 is 5.32 Å². The van der Waals surface area contributed by atoms with Gasteiger partial charge in [0.25, 0.3) is 0 Å². The van der Waals surface area contributed by atoms with Crippen molar-refractivity contribution in [3.63, 3.8) is 0 Å². The Balaban J connectivity index is 2.11. The Kier molecular flexibility index (Phi) is 4.18. The Morgan fingerprint density at radius 3 is 2.52 bits per heavy atom. The van der Waals surface area contributed by atoms with Gasteiger partial charge in [-0.05, 0) is 33.0 Å². The number of likely N-dealkylation sites (N-methyl/N-ethyl adjacent to an activating group) is 1. The van der Waals surface area contributed by atoms with Crippen molar-refractivity contribution in [2.24, 2.45) is 0 Å². The number of urea groups is 1. The summed E-state index contributed by atoms with van der Waals surface area (Å²) in [6.45, 7) is 6.18. The zero-order valence-electron chi connectivity index (χ0n) is 12.6. The summed E-state index contributed by atoms with van der Waals surface area (Å²) in [5.74, 6) is -1.05. The molecule has 0 radical (unpaired) electrons. The molecule has 1 aliphatic heterocycles. The van der Waals surface area contributed by atoms with Crippen LogP contribution in [0.3, 0.4) is 0 Å². The van der Waals surface area contributed by atoms with Crippen LogP contribution >= 0.6 is 0 Å². The number of nitrogens with one attached hydrogen (secondary N) is 1. The van der Waals surface area contributed by atoms with Crippen LogP contribution in [0.1, 0.15) is 24.2 Å². The highest BCUT2D eigenvalue weighted by atomic mass is 16.4. The molecule has 0 saturated carbocycles. The van der Waals surface area contributed by atoms with Gasteiger partial charge in [-0.15, -0.1) is 0 Å². The first-order chi connectivity index (χ1) is 9.81. The second kappa shape index (κ2) is 5.73. The largest absolute Gasteiger partial charge is 0.478 e. The minimum Gasteiger partial charge on any atom is -0.478 e. The number of hydrogen-bond acceptors (Lipinski definition) is 3. The SMILES string of the molecule is CN1CCN(C(=O)Nc2ccccc2C(=O)O)CC1(C)C. The summed E-state index contributed by atoms with van der Waals surface area (Å²) in [7, 11) is 2.04. The molecule has 1 heterocycles. The first-order valence-electron chi connectivity index (χ1n) is 6.91. The van der Waals surface area contributed by atoms with Crippen LogP contribution in [0, 0.1) is 0 Å². The number of anilines is 1. The molecule has 2 N–H and O–H groups in total. The third-order valence-electron chi connectivity index (χ3n) is 4.00. The summed E-state index contributed by atoms with van der Waals surface area (Å²) in [5.41, 5.74) is 0.327. The molecule has 21 heavy (non-hydrogen) atoms. The van der Waals surface area contributed by atoms with Gasteiger partial charge in [-0.1, -0.05) is 12.1 Å². The van der Waals surface area contributed by atoms with E-state index < -0.39 is 5.97 Å². The van der Waals surface area contributed by atoms with Gasteiger partial charge < -0.3 is 15.3 Å². The molecule has 1 fully saturated rings. The first kappa shape index (κ1) is 15.3. The van der Waals surface area contributed by atoms with E-state index >= 15 is 0 Å². The highest BCUT2D eigenvalue weighted by Crippen LogP contribution is 2.21. The van der Waals surface area contributed by atoms with Crippen molar-refractivity contribution in [2.45, 2.75) is 19.4 Å². The predicted octanol–water partition coefficient (Wildman–Crippen LogP) is 1.94. The van der Waals surface area contributed by atoms with E-state index in [-0.39, 0.29) is 17.1 Å². The van der Waals surface area contributed by atoms with Gasteiger partial charge in [-0.2, -0.15) is 0 Å². The lowest BCUT2D eigenvalue weighted by Gasteiger charge is -2.45. The van der Waals surface area contributed by atoms with Crippen LogP contribution in [0.25, 0.3) is 0 Å². The molecule has 0 aromatic heterocycles. The molecule has 1 aromatic carbocycles. The summed E-state index contributed by atoms with van der Waals surface area (Å²) in [4.78, 5) is 27.4. The van der Waals surface area contributed by atoms with Gasteiger partial charge in [0.05, 0.1) is 11.3 Å². The standard InChI is InChI=1S/C15H21N3O3/c1-15(2)10-18(9-8-17(15)3)14(21)16-12-7-5-4-6-11(12)13(19)20/h4-7H,8-10H2,1-3H3,(H,16,21)(H,19,20). The number of nitrogens with zero attached hydrogens (tertiary/aromatic N) is 2. The summed E-state index contributed by atoms with van der Waals surface area (Å²) in [6.07, 6.45) is 0. The van der Waals surface area contributed by atoms with Crippen molar-refractivity contribution >= 4 is 17.7 Å². The van der Waals surface area contributed by atoms with Gasteiger partial charge in [0.1, 0.15) is 0 Å². The van der Waals surface area contributed by atoms with Gasteiger partial charge in [-0.3, -0.25) is 4.90 Å². The maximum absolute atomic E-state index is 12.3. The molecule has 6 nitrogen and oxygen atoms in total. The topological polar surface area (TPSA) is 72.9 Å². The van der Waals surface area contributed by atoms with Crippen LogP contribution in [0.4, 0.5) is 10.5 Å². The van der Waals surface area contributed by atoms with Crippen molar-refractivity contribution in [2.75, 3.05) is 32.0 Å². The molecule has 114 valence electrons. The lowest BCUT2D eigenvalue weighted by molar-refractivity contribution is 0.0608. The molecule has 0 bridgehead atoms. The molecule has 6 heteroatoms. The van der Waals surface area contributed by atoms with Gasteiger partial charge in [0.2, 0.25) is 0 Å². The van der Waals surface area contributed by atoms with E-state index in [4.69, 9.17) is 5.11 Å². The molecular formula is C15H21N3O3. The molecule has 0 atom stereocenters. The molecule has 1 aromatic rings. The number of para-hydroxylation sites is 1. The molecule has 1 saturated heterocycles. The Labute approximate surface area is 124 Å². The maximum Gasteiger partial charge on any atom is 0.337 e. The number of benzene rings is 1. The van der Waals surface area contributed by atoms with Crippen molar-refractivity contribution in [1.82, 2.24) is 9.80 Å². The average Bonchev–Trinajstić information content (AvgIpc) is 2.42. The fraction of sp³-hybridized carbons (Fsp3) is 0.467. The normalized spacial score (nSPS) is 18.3. The molecule has 0 aliphatic carbocycles. The van der Waals surface area contributed by atoms with E-state index in [2.05, 4.69) is 24.1 Å². The van der Waals surface area contributed by atoms with Gasteiger partial charge in [0.15, 0.2) is 0 Å². The Hall–Kier alpha value is -2.08. The zero-order valence-corrected chi connectivity index (χ0v) is 12.6. The summed E-state index contributed by atoms with van der Waals surface area (Å²) in [5, 5.41) is 11.8. The van der Waals surface area contributed by atoms with Crippen molar-refractivity contribution in [3.8, 4) is 0 Å². The third-order valence-corrected chi connectivity index (χ3v) is 4.00. The Bertz CT molecular complexity index is 557. The minimum absolute atomic E-state index is 0.0953. The van der Waals surface area contributed by atoms with Gasteiger partial charge >= 0.3 is 12.0 Å². The minimum atomic E-state index is -1.05. The zero-order chi connectivity index (χ0) is 15.6. The monoisotopic (exact) mass is 291 g/mol. The van der Waals surface area contributed by atoms with Gasteiger partial charge in [-0.25, -0.2) is 9.59 Å². The number of carboxylic acids is 1. The summed E-state index contributed by atoms with van der Waals surface area (Å²) < 4.78 is 0. The van der Waals surface area contributed by atoms with Crippen LogP contribution in [-0.2, 0) is 0 Å². The molecule has 1 aliphatic rings. The Morgan fingerprint density at radius 1 is 1.24 bits per heavy atom. The van der Waals surface area contributed by atoms with E-state index in [1.807, 2.05) is 7.05 Å². The average molecular weight is 291 g/mol. The quantitative estimate of drug-likeness (QED) is 0.873. The van der Waals surface area contributed by atoms with E-state index in [1.54, 1.807) is 23.1 Å². The number of aromatic carboxylic acids is 1. The third kappa shape index (κ3) is 3.33. The lowest BCUT2D eigenvalue weighted by Crippen LogP contribution is -2.59. The van der Waals surface area contributed by atoms with Crippen LogP contribution in [0.15, 0.2) is 24.3 Å². The summed E-state index contributed by atoms with van der Waals surface area (Å²) >= 11 is 0. The predicted molar refractivity (Wildman–Crippen MR) is 80.7 cm³/mol. The number of hydrogen-bond donors (Lipinski definition) is 2. The van der Waals surface area contributed by atoms with Crippen molar-refractivity contribution in [1.29, 1.82) is 0 Å². The fourth-order valence-electron chi connectivity index (χ4n) is 2.39. The van der Waals surface area contributed by atoms with Gasteiger partial charge in [0, 0.05) is 25.2 Å². The molecular weight excluding hydrogens is 270 g/mol. The fourth-order valence-corrected chi connectivity index (χ4v) is 2.39. The van der Waals surface area contributed by atoms with E-state index in [9.17, 15) is 9.59 Å². The second-order valence-electron chi connectivity index (χ2n) is 5.94. The molecule has 2 amide bonds. The first-order valence-corrected chi connectivity index (χ1v) is 6.91. The van der Waals surface area contributed by atoms with Crippen LogP contribution in [0.2, 0.25) is 0 Å². The number of rotatable bonds is 2. The number of carbonyl (C=O) groups is 2. The van der Waals surface area contributed by atoms with Crippen molar-refractivity contribution < 1.29 is 14.7 Å². The van der Waals surface area contributed by atoms with E-state index in [0.29, 0.717) is 18.8 Å². The molecule has 2 rings (SSSR count). The van der Waals surface area contributed by atoms with E-state index in [0.717, 1.165) is 6.54 Å². The highest BCUT2D eigenvalue weighted by molar-refractivity contribution is 6.00. The van der Waals surface area contributed by atoms with Crippen molar-refractivity contribution in [3.05, 3.63) is 29.8 Å². The number of carboxylic acid groups (broad SMARTS) is 1. The van der Waals surface area contributed by atoms with Crippen LogP contribution in [0.5, 0.6) is 0 Å². The Morgan fingerprint density at radius 2 is 1.90 bits per heavy atom. The van der Waals surface area contributed by atoms with Crippen LogP contribution in [-0.4, -0.2) is 59.1 Å².